The minimum atomic E-state index is -1.12. The number of hydrogen-bond donors (Lipinski definition) is 2. The lowest BCUT2D eigenvalue weighted by Gasteiger charge is -2.21. The maximum absolute atomic E-state index is 11.8. The van der Waals surface area contributed by atoms with Gasteiger partial charge >= 0.3 is 5.97 Å². The molecule has 1 unspecified atom stereocenters. The van der Waals surface area contributed by atoms with Gasteiger partial charge in [0.05, 0.1) is 11.5 Å². The van der Waals surface area contributed by atoms with E-state index in [1.54, 1.807) is 6.07 Å². The number of carbonyl (C=O) groups excluding carboxylic acids is 1. The number of aliphatic carboxylic acids is 1. The molecule has 20 heavy (non-hydrogen) atoms. The van der Waals surface area contributed by atoms with Crippen molar-refractivity contribution < 1.29 is 19.6 Å². The molecule has 0 aliphatic carbocycles. The van der Waals surface area contributed by atoms with Gasteiger partial charge in [0.1, 0.15) is 11.7 Å². The minimum absolute atomic E-state index is 0.144. The average Bonchev–Trinajstić information content (AvgIpc) is 2.43. The van der Waals surface area contributed by atoms with Crippen LogP contribution in [-0.4, -0.2) is 46.4 Å². The number of anilines is 1. The Morgan fingerprint density at radius 3 is 2.60 bits per heavy atom. The monoisotopic (exact) mass is 281 g/mol. The highest BCUT2D eigenvalue weighted by Gasteiger charge is 2.22. The molecule has 0 radical (unpaired) electrons. The van der Waals surface area contributed by atoms with Gasteiger partial charge in [-0.2, -0.15) is 0 Å². The molecule has 0 aromatic heterocycles. The fourth-order valence-electron chi connectivity index (χ4n) is 1.46. The smallest absolute Gasteiger partial charge is 0.326 e. The minimum Gasteiger partial charge on any atom is -0.480 e. The van der Waals surface area contributed by atoms with E-state index < -0.39 is 22.8 Å². The van der Waals surface area contributed by atoms with Crippen LogP contribution in [0, 0.1) is 10.1 Å². The number of likely N-dealkylation sites (N-methyl/N-ethyl adjacent to an activating group) is 1. The summed E-state index contributed by atoms with van der Waals surface area (Å²) in [5, 5.41) is 22.2. The molecule has 0 saturated heterocycles. The molecule has 1 amide bonds. The Morgan fingerprint density at radius 2 is 2.05 bits per heavy atom. The largest absolute Gasteiger partial charge is 0.480 e. The lowest BCUT2D eigenvalue weighted by molar-refractivity contribution is -0.383. The van der Waals surface area contributed by atoms with Gasteiger partial charge in [-0.15, -0.1) is 0 Å². The number of amides is 1. The van der Waals surface area contributed by atoms with Crippen LogP contribution in [0.1, 0.15) is 6.92 Å². The highest BCUT2D eigenvalue weighted by Crippen LogP contribution is 2.22. The van der Waals surface area contributed by atoms with Crippen LogP contribution in [0.3, 0.4) is 0 Å². The summed E-state index contributed by atoms with van der Waals surface area (Å²) in [6.07, 6.45) is 0. The molecule has 8 heteroatoms. The molecule has 1 aromatic carbocycles. The highest BCUT2D eigenvalue weighted by molar-refractivity contribution is 5.86. The average molecular weight is 281 g/mol. The number of carboxylic acid groups (broad SMARTS) is 1. The maximum Gasteiger partial charge on any atom is 0.326 e. The second-order valence-corrected chi connectivity index (χ2v) is 4.15. The molecule has 0 saturated carbocycles. The van der Waals surface area contributed by atoms with Gasteiger partial charge in [-0.05, 0) is 13.0 Å². The first-order valence-corrected chi connectivity index (χ1v) is 5.80. The van der Waals surface area contributed by atoms with Crippen molar-refractivity contribution in [1.82, 2.24) is 4.90 Å². The van der Waals surface area contributed by atoms with E-state index in [0.29, 0.717) is 0 Å². The number of nitro groups is 1. The highest BCUT2D eigenvalue weighted by atomic mass is 16.6. The lowest BCUT2D eigenvalue weighted by Crippen LogP contribution is -2.42. The third kappa shape index (κ3) is 3.67. The molecule has 0 fully saturated rings. The summed E-state index contributed by atoms with van der Waals surface area (Å²) in [6.45, 7) is 1.16. The number of hydrogen-bond acceptors (Lipinski definition) is 5. The molecular weight excluding hydrogens is 266 g/mol. The van der Waals surface area contributed by atoms with Gasteiger partial charge in [0.15, 0.2) is 0 Å². The predicted octanol–water partition coefficient (Wildman–Crippen LogP) is 0.938. The SMILES string of the molecule is CC(C(=O)O)N(C)C(=O)CNc1ccccc1[N+](=O)[O-]. The van der Waals surface area contributed by atoms with E-state index in [2.05, 4.69) is 5.32 Å². The van der Waals surface area contributed by atoms with Crippen LogP contribution >= 0.6 is 0 Å². The van der Waals surface area contributed by atoms with Gasteiger partial charge in [-0.1, -0.05) is 12.1 Å². The van der Waals surface area contributed by atoms with Crippen molar-refractivity contribution in [1.29, 1.82) is 0 Å². The number of nitro benzene ring substituents is 1. The second kappa shape index (κ2) is 6.50. The summed E-state index contributed by atoms with van der Waals surface area (Å²) in [4.78, 5) is 33.8. The fraction of sp³-hybridized carbons (Fsp3) is 0.333. The van der Waals surface area contributed by atoms with Crippen LogP contribution in [0.15, 0.2) is 24.3 Å². The molecule has 0 spiro atoms. The first-order chi connectivity index (χ1) is 9.34. The normalized spacial score (nSPS) is 11.5. The van der Waals surface area contributed by atoms with Gasteiger partial charge in [0, 0.05) is 13.1 Å². The first-order valence-electron chi connectivity index (χ1n) is 5.80. The molecule has 8 nitrogen and oxygen atoms in total. The van der Waals surface area contributed by atoms with Gasteiger partial charge in [-0.3, -0.25) is 14.9 Å². The molecule has 0 bridgehead atoms. The Bertz CT molecular complexity index is 532. The topological polar surface area (TPSA) is 113 Å². The van der Waals surface area contributed by atoms with E-state index >= 15 is 0 Å². The van der Waals surface area contributed by atoms with Crippen molar-refractivity contribution in [3.05, 3.63) is 34.4 Å². The van der Waals surface area contributed by atoms with Gasteiger partial charge < -0.3 is 15.3 Å². The van der Waals surface area contributed by atoms with Crippen molar-refractivity contribution in [2.24, 2.45) is 0 Å². The molecular formula is C12H15N3O5. The number of carboxylic acids is 1. The third-order valence-electron chi connectivity index (χ3n) is 2.86. The Hall–Kier alpha value is -2.64. The standard InChI is InChI=1S/C12H15N3O5/c1-8(12(17)18)14(2)11(16)7-13-9-5-3-4-6-10(9)15(19)20/h3-6,8,13H,7H2,1-2H3,(H,17,18). The van der Waals surface area contributed by atoms with Crippen LogP contribution < -0.4 is 5.32 Å². The number of para-hydroxylation sites is 2. The van der Waals surface area contributed by atoms with E-state index in [1.165, 1.54) is 32.2 Å². The van der Waals surface area contributed by atoms with E-state index in [9.17, 15) is 19.7 Å². The second-order valence-electron chi connectivity index (χ2n) is 4.15. The molecule has 2 N–H and O–H groups in total. The van der Waals surface area contributed by atoms with Crippen molar-refractivity contribution >= 4 is 23.3 Å². The van der Waals surface area contributed by atoms with Crippen molar-refractivity contribution in [3.8, 4) is 0 Å². The van der Waals surface area contributed by atoms with Crippen LogP contribution in [0.2, 0.25) is 0 Å². The summed E-state index contributed by atoms with van der Waals surface area (Å²) in [5.74, 6) is -1.59. The molecule has 1 atom stereocenters. The summed E-state index contributed by atoms with van der Waals surface area (Å²) in [7, 11) is 1.36. The predicted molar refractivity (Wildman–Crippen MR) is 71.5 cm³/mol. The van der Waals surface area contributed by atoms with Crippen LogP contribution in [0.25, 0.3) is 0 Å². The zero-order valence-electron chi connectivity index (χ0n) is 11.1. The third-order valence-corrected chi connectivity index (χ3v) is 2.86. The number of benzene rings is 1. The van der Waals surface area contributed by atoms with Crippen molar-refractivity contribution in [2.45, 2.75) is 13.0 Å². The van der Waals surface area contributed by atoms with E-state index in [4.69, 9.17) is 5.11 Å². The van der Waals surface area contributed by atoms with E-state index in [-0.39, 0.29) is 17.9 Å². The molecule has 1 aromatic rings. The summed E-state index contributed by atoms with van der Waals surface area (Å²) in [6, 6.07) is 4.95. The Balaban J connectivity index is 2.71. The molecule has 0 aliphatic rings. The summed E-state index contributed by atoms with van der Waals surface area (Å²) >= 11 is 0. The van der Waals surface area contributed by atoms with Crippen molar-refractivity contribution in [2.75, 3.05) is 18.9 Å². The number of nitrogens with zero attached hydrogens (tertiary/aromatic N) is 2. The first kappa shape index (κ1) is 15.4. The zero-order valence-corrected chi connectivity index (χ0v) is 11.1. The van der Waals surface area contributed by atoms with E-state index in [1.807, 2.05) is 0 Å². The Morgan fingerprint density at radius 1 is 1.45 bits per heavy atom. The Kier molecular flexibility index (Phi) is 5.01. The number of rotatable bonds is 6. The zero-order chi connectivity index (χ0) is 15.3. The Labute approximate surface area is 115 Å². The quantitative estimate of drug-likeness (QED) is 0.592. The summed E-state index contributed by atoms with van der Waals surface area (Å²) < 4.78 is 0. The maximum atomic E-state index is 11.8. The summed E-state index contributed by atoms with van der Waals surface area (Å²) in [5.41, 5.74) is 0.0662. The molecule has 0 aliphatic heterocycles. The molecule has 1 rings (SSSR count). The van der Waals surface area contributed by atoms with Crippen LogP contribution in [-0.2, 0) is 9.59 Å². The van der Waals surface area contributed by atoms with Crippen LogP contribution in [0.5, 0.6) is 0 Å². The fourth-order valence-corrected chi connectivity index (χ4v) is 1.46. The molecule has 0 heterocycles. The van der Waals surface area contributed by atoms with Gasteiger partial charge in [0.25, 0.3) is 5.69 Å². The van der Waals surface area contributed by atoms with Gasteiger partial charge in [-0.25, -0.2) is 4.79 Å². The van der Waals surface area contributed by atoms with Crippen LogP contribution in [0.4, 0.5) is 11.4 Å². The lowest BCUT2D eigenvalue weighted by atomic mass is 10.2. The number of carbonyl (C=O) groups is 2. The van der Waals surface area contributed by atoms with Crippen molar-refractivity contribution in [3.63, 3.8) is 0 Å². The van der Waals surface area contributed by atoms with E-state index in [0.717, 1.165) is 4.90 Å². The number of nitrogens with one attached hydrogen (secondary N) is 1. The molecule has 108 valence electrons. The van der Waals surface area contributed by atoms with Gasteiger partial charge in [0.2, 0.25) is 5.91 Å².